The number of carbonyl (C=O) groups excluding carboxylic acids is 1. The number of amides is 1. The van der Waals surface area contributed by atoms with Crippen LogP contribution in [-0.2, 0) is 0 Å². The Morgan fingerprint density at radius 3 is 2.95 bits per heavy atom. The summed E-state index contributed by atoms with van der Waals surface area (Å²) < 4.78 is 11.0. The number of nitrogens with zero attached hydrogens (tertiary/aromatic N) is 1. The van der Waals surface area contributed by atoms with Gasteiger partial charge in [-0.3, -0.25) is 4.79 Å². The quantitative estimate of drug-likeness (QED) is 0.899. The van der Waals surface area contributed by atoms with Crippen molar-refractivity contribution in [3.63, 3.8) is 0 Å². The number of ether oxygens (including phenoxy) is 2. The molecule has 2 aliphatic heterocycles. The molecule has 1 aromatic carbocycles. The van der Waals surface area contributed by atoms with Gasteiger partial charge in [0.15, 0.2) is 11.5 Å². The lowest BCUT2D eigenvalue weighted by molar-refractivity contribution is 0.0786. The van der Waals surface area contributed by atoms with Gasteiger partial charge in [0.1, 0.15) is 13.2 Å². The molecule has 2 heterocycles. The van der Waals surface area contributed by atoms with Crippen LogP contribution in [0, 0.1) is 5.92 Å². The van der Waals surface area contributed by atoms with Gasteiger partial charge >= 0.3 is 0 Å². The first kappa shape index (κ1) is 13.2. The van der Waals surface area contributed by atoms with Crippen molar-refractivity contribution < 1.29 is 14.3 Å². The fourth-order valence-electron chi connectivity index (χ4n) is 2.83. The molecule has 1 saturated heterocycles. The number of likely N-dealkylation sites (tertiary alicyclic amines) is 1. The highest BCUT2D eigenvalue weighted by molar-refractivity contribution is 5.95. The predicted octanol–water partition coefficient (Wildman–Crippen LogP) is 1.14. The highest BCUT2D eigenvalue weighted by atomic mass is 16.6. The number of fused-ring (bicyclic) bond motifs is 1. The lowest BCUT2D eigenvalue weighted by Crippen LogP contribution is -2.30. The number of hydrogen-bond donors (Lipinski definition) is 1. The first-order valence-electron chi connectivity index (χ1n) is 7.11. The van der Waals surface area contributed by atoms with Crippen molar-refractivity contribution in [3.8, 4) is 11.5 Å². The van der Waals surface area contributed by atoms with Crippen LogP contribution in [0.1, 0.15) is 16.8 Å². The number of rotatable bonds is 3. The summed E-state index contributed by atoms with van der Waals surface area (Å²) in [7, 11) is 1.95. The Hall–Kier alpha value is -1.75. The fraction of sp³-hybridized carbons (Fsp3) is 0.533. The number of nitrogens with one attached hydrogen (secondary N) is 1. The van der Waals surface area contributed by atoms with Gasteiger partial charge in [0.2, 0.25) is 0 Å². The molecule has 1 amide bonds. The van der Waals surface area contributed by atoms with E-state index in [1.165, 1.54) is 0 Å². The van der Waals surface area contributed by atoms with Crippen LogP contribution in [0.15, 0.2) is 18.2 Å². The lowest BCUT2D eigenvalue weighted by Gasteiger charge is -2.20. The van der Waals surface area contributed by atoms with E-state index in [1.807, 2.05) is 24.1 Å². The molecule has 1 N–H and O–H groups in total. The van der Waals surface area contributed by atoms with Crippen LogP contribution in [0.5, 0.6) is 11.5 Å². The lowest BCUT2D eigenvalue weighted by atomic mass is 10.1. The molecule has 5 nitrogen and oxygen atoms in total. The monoisotopic (exact) mass is 276 g/mol. The Kier molecular flexibility index (Phi) is 3.78. The molecule has 1 atom stereocenters. The molecule has 1 fully saturated rings. The van der Waals surface area contributed by atoms with E-state index in [2.05, 4.69) is 5.32 Å². The van der Waals surface area contributed by atoms with Gasteiger partial charge in [-0.25, -0.2) is 0 Å². The highest BCUT2D eigenvalue weighted by Gasteiger charge is 2.27. The first-order valence-corrected chi connectivity index (χ1v) is 7.11. The first-order chi connectivity index (χ1) is 9.78. The molecule has 0 aliphatic carbocycles. The average molecular weight is 276 g/mol. The Morgan fingerprint density at radius 1 is 1.35 bits per heavy atom. The number of benzene rings is 1. The van der Waals surface area contributed by atoms with Crippen molar-refractivity contribution in [2.75, 3.05) is 39.9 Å². The topological polar surface area (TPSA) is 50.8 Å². The van der Waals surface area contributed by atoms with Gasteiger partial charge in [-0.1, -0.05) is 0 Å². The number of carbonyl (C=O) groups is 1. The van der Waals surface area contributed by atoms with Gasteiger partial charge in [-0.2, -0.15) is 0 Å². The van der Waals surface area contributed by atoms with Crippen LogP contribution in [0.2, 0.25) is 0 Å². The molecule has 3 rings (SSSR count). The summed E-state index contributed by atoms with van der Waals surface area (Å²) in [5, 5.41) is 3.18. The normalized spacial score (nSPS) is 21.1. The molecule has 1 aromatic rings. The molecule has 0 saturated carbocycles. The van der Waals surface area contributed by atoms with E-state index in [0.717, 1.165) is 31.8 Å². The third-order valence-corrected chi connectivity index (χ3v) is 3.85. The maximum atomic E-state index is 12.5. The second-order valence-corrected chi connectivity index (χ2v) is 5.32. The highest BCUT2D eigenvalue weighted by Crippen LogP contribution is 2.31. The van der Waals surface area contributed by atoms with Gasteiger partial charge in [0, 0.05) is 18.7 Å². The smallest absolute Gasteiger partial charge is 0.254 e. The molecule has 20 heavy (non-hydrogen) atoms. The predicted molar refractivity (Wildman–Crippen MR) is 75.4 cm³/mol. The van der Waals surface area contributed by atoms with E-state index in [4.69, 9.17) is 9.47 Å². The Labute approximate surface area is 118 Å². The summed E-state index contributed by atoms with van der Waals surface area (Å²) >= 11 is 0. The van der Waals surface area contributed by atoms with E-state index in [-0.39, 0.29) is 5.91 Å². The van der Waals surface area contributed by atoms with Crippen LogP contribution in [-0.4, -0.2) is 50.7 Å². The Balaban J connectivity index is 1.71. The minimum Gasteiger partial charge on any atom is -0.486 e. The molecular weight excluding hydrogens is 256 g/mol. The maximum absolute atomic E-state index is 12.5. The summed E-state index contributed by atoms with van der Waals surface area (Å²) in [5.74, 6) is 2.04. The minimum atomic E-state index is 0.0839. The summed E-state index contributed by atoms with van der Waals surface area (Å²) in [6, 6.07) is 5.44. The van der Waals surface area contributed by atoms with Gasteiger partial charge < -0.3 is 19.7 Å². The van der Waals surface area contributed by atoms with Crippen molar-refractivity contribution in [2.24, 2.45) is 5.92 Å². The van der Waals surface area contributed by atoms with Gasteiger partial charge in [0.05, 0.1) is 0 Å². The zero-order chi connectivity index (χ0) is 13.9. The molecule has 2 aliphatic rings. The summed E-state index contributed by atoms with van der Waals surface area (Å²) in [5.41, 5.74) is 0.680. The molecule has 108 valence electrons. The molecule has 0 bridgehead atoms. The summed E-state index contributed by atoms with van der Waals surface area (Å²) in [6.45, 7) is 3.73. The van der Waals surface area contributed by atoms with E-state index < -0.39 is 0 Å². The molecule has 0 spiro atoms. The van der Waals surface area contributed by atoms with Crippen LogP contribution in [0.3, 0.4) is 0 Å². The molecule has 5 heteroatoms. The fourth-order valence-corrected chi connectivity index (χ4v) is 2.83. The van der Waals surface area contributed by atoms with Crippen LogP contribution in [0.4, 0.5) is 0 Å². The zero-order valence-electron chi connectivity index (χ0n) is 11.7. The van der Waals surface area contributed by atoms with E-state index in [1.54, 1.807) is 6.07 Å². The molecule has 1 unspecified atom stereocenters. The van der Waals surface area contributed by atoms with E-state index in [0.29, 0.717) is 30.4 Å². The van der Waals surface area contributed by atoms with Crippen LogP contribution >= 0.6 is 0 Å². The summed E-state index contributed by atoms with van der Waals surface area (Å²) in [6.07, 6.45) is 1.07. The minimum absolute atomic E-state index is 0.0839. The van der Waals surface area contributed by atoms with Crippen molar-refractivity contribution in [3.05, 3.63) is 23.8 Å². The second kappa shape index (κ2) is 5.71. The number of hydrogen-bond acceptors (Lipinski definition) is 4. The Bertz CT molecular complexity index is 504. The van der Waals surface area contributed by atoms with Gasteiger partial charge in [-0.15, -0.1) is 0 Å². The molecular formula is C15H20N2O3. The third-order valence-electron chi connectivity index (χ3n) is 3.85. The van der Waals surface area contributed by atoms with E-state index >= 15 is 0 Å². The largest absolute Gasteiger partial charge is 0.486 e. The Morgan fingerprint density at radius 2 is 2.15 bits per heavy atom. The van der Waals surface area contributed by atoms with Gasteiger partial charge in [-0.05, 0) is 44.1 Å². The SMILES string of the molecule is CNCC1CCN(C(=O)c2ccc3c(c2)OCCO3)C1. The van der Waals surface area contributed by atoms with Crippen LogP contribution < -0.4 is 14.8 Å². The van der Waals surface area contributed by atoms with E-state index in [9.17, 15) is 4.79 Å². The van der Waals surface area contributed by atoms with Crippen molar-refractivity contribution >= 4 is 5.91 Å². The van der Waals surface area contributed by atoms with Crippen molar-refractivity contribution in [2.45, 2.75) is 6.42 Å². The average Bonchev–Trinajstić information content (AvgIpc) is 2.95. The molecule has 0 radical (unpaired) electrons. The standard InChI is InChI=1S/C15H20N2O3/c1-16-9-11-4-5-17(10-11)15(18)12-2-3-13-14(8-12)20-7-6-19-13/h2-3,8,11,16H,4-7,9-10H2,1H3. The third kappa shape index (κ3) is 2.58. The van der Waals surface area contributed by atoms with Crippen LogP contribution in [0.25, 0.3) is 0 Å². The summed E-state index contributed by atoms with van der Waals surface area (Å²) in [4.78, 5) is 14.4. The molecule has 0 aromatic heterocycles. The maximum Gasteiger partial charge on any atom is 0.254 e. The van der Waals surface area contributed by atoms with Crippen molar-refractivity contribution in [1.29, 1.82) is 0 Å². The second-order valence-electron chi connectivity index (χ2n) is 5.32. The van der Waals surface area contributed by atoms with Gasteiger partial charge in [0.25, 0.3) is 5.91 Å². The van der Waals surface area contributed by atoms with Crippen molar-refractivity contribution in [1.82, 2.24) is 10.2 Å². The zero-order valence-corrected chi connectivity index (χ0v) is 11.7.